The van der Waals surface area contributed by atoms with E-state index in [2.05, 4.69) is 32.0 Å². The molecular weight excluding hydrogens is 266 g/mol. The van der Waals surface area contributed by atoms with Crippen LogP contribution in [0.3, 0.4) is 0 Å². The Morgan fingerprint density at radius 1 is 1.10 bits per heavy atom. The molecule has 0 aliphatic carbocycles. The minimum atomic E-state index is 0.507. The van der Waals surface area contributed by atoms with Gasteiger partial charge in [-0.25, -0.2) is 0 Å². The lowest BCUT2D eigenvalue weighted by atomic mass is 9.99. The third-order valence-corrected chi connectivity index (χ3v) is 3.53. The Bertz CT molecular complexity index is 661. The zero-order valence-electron chi connectivity index (χ0n) is 11.6. The number of benzene rings is 2. The van der Waals surface area contributed by atoms with Crippen LogP contribution in [-0.2, 0) is 0 Å². The minimum Gasteiger partial charge on any atom is -0.192 e. The van der Waals surface area contributed by atoms with Gasteiger partial charge < -0.3 is 0 Å². The molecule has 0 heterocycles. The maximum absolute atomic E-state index is 9.33. The van der Waals surface area contributed by atoms with Crippen molar-refractivity contribution >= 4 is 23.3 Å². The van der Waals surface area contributed by atoms with Gasteiger partial charge in [0.05, 0.1) is 11.6 Å². The largest absolute Gasteiger partial charge is 0.192 e. The first kappa shape index (κ1) is 14.4. The molecule has 2 aromatic rings. The zero-order valence-corrected chi connectivity index (χ0v) is 12.4. The molecule has 0 spiro atoms. The number of hydrogen-bond donors (Lipinski definition) is 0. The second-order valence-electron chi connectivity index (χ2n) is 4.97. The van der Waals surface area contributed by atoms with Crippen LogP contribution in [0.25, 0.3) is 11.6 Å². The van der Waals surface area contributed by atoms with Gasteiger partial charge in [-0.2, -0.15) is 5.26 Å². The Morgan fingerprint density at radius 2 is 1.75 bits per heavy atom. The fourth-order valence-electron chi connectivity index (χ4n) is 1.99. The molecule has 0 amide bonds. The lowest BCUT2D eigenvalue weighted by Gasteiger charge is -2.06. The summed E-state index contributed by atoms with van der Waals surface area (Å²) in [6.07, 6.45) is 1.87. The van der Waals surface area contributed by atoms with E-state index in [4.69, 9.17) is 11.6 Å². The highest BCUT2D eigenvalue weighted by molar-refractivity contribution is 6.32. The second-order valence-corrected chi connectivity index (χ2v) is 5.38. The Labute approximate surface area is 125 Å². The molecule has 0 radical (unpaired) electrons. The predicted octanol–water partition coefficient (Wildman–Crippen LogP) is 5.53. The first-order valence-corrected chi connectivity index (χ1v) is 6.96. The lowest BCUT2D eigenvalue weighted by Crippen LogP contribution is -1.87. The van der Waals surface area contributed by atoms with Gasteiger partial charge in [-0.05, 0) is 29.2 Å². The van der Waals surface area contributed by atoms with Gasteiger partial charge in [0, 0.05) is 10.6 Å². The zero-order chi connectivity index (χ0) is 14.5. The molecule has 0 unspecified atom stereocenters. The van der Waals surface area contributed by atoms with E-state index in [1.807, 2.05) is 36.4 Å². The second kappa shape index (κ2) is 6.41. The molecule has 2 aromatic carbocycles. The van der Waals surface area contributed by atoms with Gasteiger partial charge in [0.2, 0.25) is 0 Å². The molecule has 0 saturated heterocycles. The molecule has 0 N–H and O–H groups in total. The van der Waals surface area contributed by atoms with Gasteiger partial charge in [0.25, 0.3) is 0 Å². The van der Waals surface area contributed by atoms with E-state index in [0.717, 1.165) is 11.1 Å². The van der Waals surface area contributed by atoms with Crippen LogP contribution in [0.5, 0.6) is 0 Å². The summed E-state index contributed by atoms with van der Waals surface area (Å²) in [6, 6.07) is 17.9. The molecule has 0 aromatic heterocycles. The minimum absolute atomic E-state index is 0.507. The molecule has 0 aliphatic heterocycles. The van der Waals surface area contributed by atoms with Gasteiger partial charge in [-0.3, -0.25) is 0 Å². The maximum Gasteiger partial charge on any atom is 0.0998 e. The molecule has 2 rings (SSSR count). The van der Waals surface area contributed by atoms with Crippen LogP contribution < -0.4 is 0 Å². The summed E-state index contributed by atoms with van der Waals surface area (Å²) in [5.41, 5.74) is 3.64. The highest BCUT2D eigenvalue weighted by atomic mass is 35.5. The van der Waals surface area contributed by atoms with E-state index in [1.165, 1.54) is 5.56 Å². The molecule has 2 heteroatoms. The van der Waals surface area contributed by atoms with E-state index < -0.39 is 0 Å². The van der Waals surface area contributed by atoms with Crippen LogP contribution in [0, 0.1) is 11.3 Å². The van der Waals surface area contributed by atoms with E-state index in [1.54, 1.807) is 6.07 Å². The van der Waals surface area contributed by atoms with Crippen molar-refractivity contribution < 1.29 is 0 Å². The molecule has 0 fully saturated rings. The smallest absolute Gasteiger partial charge is 0.0998 e. The van der Waals surface area contributed by atoms with Gasteiger partial charge in [-0.15, -0.1) is 0 Å². The molecule has 0 aliphatic rings. The van der Waals surface area contributed by atoms with Crippen molar-refractivity contribution in [3.63, 3.8) is 0 Å². The number of hydrogen-bond acceptors (Lipinski definition) is 1. The van der Waals surface area contributed by atoms with E-state index in [-0.39, 0.29) is 0 Å². The van der Waals surface area contributed by atoms with Crippen molar-refractivity contribution in [3.05, 3.63) is 70.2 Å². The number of allylic oxidation sites excluding steroid dienone is 1. The van der Waals surface area contributed by atoms with Crippen LogP contribution in [0.15, 0.2) is 48.5 Å². The topological polar surface area (TPSA) is 23.8 Å². The van der Waals surface area contributed by atoms with Crippen LogP contribution in [0.4, 0.5) is 0 Å². The first-order chi connectivity index (χ1) is 9.61. The first-order valence-electron chi connectivity index (χ1n) is 6.58. The van der Waals surface area contributed by atoms with E-state index >= 15 is 0 Å². The van der Waals surface area contributed by atoms with Crippen molar-refractivity contribution in [3.8, 4) is 6.07 Å². The highest BCUT2D eigenvalue weighted by Crippen LogP contribution is 2.25. The third kappa shape index (κ3) is 3.29. The fourth-order valence-corrected chi connectivity index (χ4v) is 2.23. The molecular formula is C18H16ClN. The molecule has 0 atom stereocenters. The summed E-state index contributed by atoms with van der Waals surface area (Å²) < 4.78 is 0. The standard InChI is InChI=1S/C18H16ClN/c1-13(2)15-9-7-14(8-10-15)11-16(12-20)17-5-3-4-6-18(17)19/h3-11,13H,1-2H3. The Hall–Kier alpha value is -2.04. The Balaban J connectivity index is 2.37. The van der Waals surface area contributed by atoms with Crippen molar-refractivity contribution in [2.24, 2.45) is 0 Å². The maximum atomic E-state index is 9.33. The predicted molar refractivity (Wildman–Crippen MR) is 85.5 cm³/mol. The van der Waals surface area contributed by atoms with Gasteiger partial charge in [0.1, 0.15) is 0 Å². The Kier molecular flexibility index (Phi) is 4.61. The van der Waals surface area contributed by atoms with Crippen LogP contribution in [0.1, 0.15) is 36.5 Å². The van der Waals surface area contributed by atoms with E-state index in [9.17, 15) is 5.26 Å². The quantitative estimate of drug-likeness (QED) is 0.536. The van der Waals surface area contributed by atoms with Gasteiger partial charge in [0.15, 0.2) is 0 Å². The summed E-state index contributed by atoms with van der Waals surface area (Å²) in [7, 11) is 0. The monoisotopic (exact) mass is 281 g/mol. The van der Waals surface area contributed by atoms with Crippen molar-refractivity contribution in [1.82, 2.24) is 0 Å². The fraction of sp³-hybridized carbons (Fsp3) is 0.167. The summed E-state index contributed by atoms with van der Waals surface area (Å²) in [4.78, 5) is 0. The van der Waals surface area contributed by atoms with Gasteiger partial charge >= 0.3 is 0 Å². The highest BCUT2D eigenvalue weighted by Gasteiger charge is 2.05. The summed E-state index contributed by atoms with van der Waals surface area (Å²) in [5.74, 6) is 0.507. The number of nitrogens with zero attached hydrogens (tertiary/aromatic N) is 1. The average Bonchev–Trinajstić information content (AvgIpc) is 2.46. The van der Waals surface area contributed by atoms with Gasteiger partial charge in [-0.1, -0.05) is 67.9 Å². The molecule has 1 nitrogen and oxygen atoms in total. The average molecular weight is 282 g/mol. The van der Waals surface area contributed by atoms with Crippen LogP contribution in [0.2, 0.25) is 5.02 Å². The van der Waals surface area contributed by atoms with E-state index in [0.29, 0.717) is 16.5 Å². The SMILES string of the molecule is CC(C)c1ccc(C=C(C#N)c2ccccc2Cl)cc1. The van der Waals surface area contributed by atoms with Crippen LogP contribution >= 0.6 is 11.6 Å². The third-order valence-electron chi connectivity index (χ3n) is 3.20. The summed E-state index contributed by atoms with van der Waals surface area (Å²) >= 11 is 6.14. The molecule has 100 valence electrons. The van der Waals surface area contributed by atoms with Crippen LogP contribution in [-0.4, -0.2) is 0 Å². The van der Waals surface area contributed by atoms with Crippen molar-refractivity contribution in [2.45, 2.75) is 19.8 Å². The Morgan fingerprint density at radius 3 is 2.30 bits per heavy atom. The molecule has 0 bridgehead atoms. The lowest BCUT2D eigenvalue weighted by molar-refractivity contribution is 0.866. The number of rotatable bonds is 3. The van der Waals surface area contributed by atoms with Crippen molar-refractivity contribution in [1.29, 1.82) is 5.26 Å². The summed E-state index contributed by atoms with van der Waals surface area (Å²) in [6.45, 7) is 4.32. The number of nitriles is 1. The normalized spacial score (nSPS) is 11.4. The molecule has 0 saturated carbocycles. The van der Waals surface area contributed by atoms with Crippen molar-refractivity contribution in [2.75, 3.05) is 0 Å². The molecule has 20 heavy (non-hydrogen) atoms. The number of halogens is 1. The summed E-state index contributed by atoms with van der Waals surface area (Å²) in [5, 5.41) is 9.93.